The summed E-state index contributed by atoms with van der Waals surface area (Å²) in [6.45, 7) is -0.985. The van der Waals surface area contributed by atoms with E-state index in [9.17, 15) is 32.4 Å². The molecule has 6 atom stereocenters. The quantitative estimate of drug-likeness (QED) is 0.189. The standard InChI is InChI=1S/C5H12B2FO15P4/c6-5-1-3(20-26(14,15)21-7-8)4(19-5)2-18-25(12,13)23-27(16,17)22-24(9,10)11/h3-5H,1-2H2,(H,12,13)(H,14,15)(H,16,17)(H2,9,10,11)/t3-,4+,5+/m0/s1. The van der Waals surface area contributed by atoms with E-state index in [0.717, 1.165) is 0 Å². The summed E-state index contributed by atoms with van der Waals surface area (Å²) in [5.41, 5.74) is 0. The highest BCUT2D eigenvalue weighted by atomic mass is 31.3. The van der Waals surface area contributed by atoms with Gasteiger partial charge in [-0.2, -0.15) is 8.62 Å². The summed E-state index contributed by atoms with van der Waals surface area (Å²) in [6.07, 6.45) is -3.08. The second-order valence-corrected chi connectivity index (χ2v) is 10.4. The Morgan fingerprint density at radius 3 is 2.15 bits per heavy atom. The zero-order valence-corrected chi connectivity index (χ0v) is 16.4. The van der Waals surface area contributed by atoms with E-state index in [-0.39, 0.29) is 6.42 Å². The van der Waals surface area contributed by atoms with Crippen molar-refractivity contribution >= 4 is 46.9 Å². The van der Waals surface area contributed by atoms with Crippen LogP contribution in [-0.2, 0) is 45.1 Å². The molecular weight excluding hydrogens is 465 g/mol. The summed E-state index contributed by atoms with van der Waals surface area (Å²) in [4.78, 5) is 44.3. The maximum absolute atomic E-state index is 11.9. The van der Waals surface area contributed by atoms with E-state index in [1.165, 1.54) is 0 Å². The largest absolute Gasteiger partial charge is 0.544 e. The third-order valence-electron chi connectivity index (χ3n) is 2.49. The maximum atomic E-state index is 11.9. The average Bonchev–Trinajstić information content (AvgIpc) is 2.71. The highest BCUT2D eigenvalue weighted by Crippen LogP contribution is 2.66. The number of ether oxygens (including phenoxy) is 1. The summed E-state index contributed by atoms with van der Waals surface area (Å²) >= 11 is 0. The predicted molar refractivity (Wildman–Crippen MR) is 81.5 cm³/mol. The zero-order chi connectivity index (χ0) is 21.1. The molecule has 155 valence electrons. The zero-order valence-electron chi connectivity index (χ0n) is 12.8. The van der Waals surface area contributed by atoms with E-state index in [1.807, 2.05) is 0 Å². The molecule has 0 aromatic rings. The third kappa shape index (κ3) is 10.2. The molecule has 0 bridgehead atoms. The second kappa shape index (κ2) is 9.57. The van der Waals surface area contributed by atoms with E-state index < -0.39 is 63.9 Å². The van der Waals surface area contributed by atoms with Gasteiger partial charge in [-0.3, -0.25) is 13.4 Å². The molecule has 0 saturated carbocycles. The van der Waals surface area contributed by atoms with Crippen molar-refractivity contribution in [3.05, 3.63) is 0 Å². The second-order valence-electron chi connectivity index (χ2n) is 4.64. The fraction of sp³-hybridized carbons (Fsp3) is 1.00. The molecule has 0 aliphatic carbocycles. The lowest BCUT2D eigenvalue weighted by Gasteiger charge is -2.22. The molecule has 27 heavy (non-hydrogen) atoms. The molecule has 3 unspecified atom stereocenters. The van der Waals surface area contributed by atoms with Crippen LogP contribution in [0.15, 0.2) is 0 Å². The van der Waals surface area contributed by atoms with Crippen LogP contribution in [-0.4, -0.2) is 64.9 Å². The third-order valence-corrected chi connectivity index (χ3v) is 7.17. The van der Waals surface area contributed by atoms with Crippen molar-refractivity contribution in [2.45, 2.75) is 24.6 Å². The van der Waals surface area contributed by atoms with E-state index in [1.54, 1.807) is 0 Å². The van der Waals surface area contributed by atoms with Crippen LogP contribution in [0.2, 0.25) is 0 Å². The van der Waals surface area contributed by atoms with Gasteiger partial charge in [-0.15, -0.1) is 0 Å². The summed E-state index contributed by atoms with van der Waals surface area (Å²) in [6, 6.07) is -1.10. The van der Waals surface area contributed by atoms with Gasteiger partial charge in [-0.1, -0.05) is 0 Å². The van der Waals surface area contributed by atoms with Gasteiger partial charge in [0.1, 0.15) is 14.0 Å². The topological polar surface area (TPSA) is 225 Å². The molecule has 0 aromatic heterocycles. The highest BCUT2D eigenvalue weighted by Gasteiger charge is 2.43. The molecule has 1 fully saturated rings. The summed E-state index contributed by atoms with van der Waals surface area (Å²) in [5, 5.41) is 0. The van der Waals surface area contributed by atoms with Crippen molar-refractivity contribution in [3.8, 4) is 0 Å². The van der Waals surface area contributed by atoms with Crippen molar-refractivity contribution < 1.29 is 73.9 Å². The number of rotatable bonds is 11. The lowest BCUT2D eigenvalue weighted by atomic mass is 9.96. The Morgan fingerprint density at radius 2 is 1.63 bits per heavy atom. The SMILES string of the molecule is [B][C@H]1C[C@H](OP(=O)(O)O[B]F)[C@@H](COP(=O)(O)OP(=O)(O)OP(=O)(O)O)O1. The van der Waals surface area contributed by atoms with Crippen LogP contribution in [0.3, 0.4) is 0 Å². The highest BCUT2D eigenvalue weighted by molar-refractivity contribution is 7.66. The van der Waals surface area contributed by atoms with Crippen LogP contribution >= 0.6 is 31.3 Å². The molecule has 5 N–H and O–H groups in total. The lowest BCUT2D eigenvalue weighted by molar-refractivity contribution is -0.00361. The van der Waals surface area contributed by atoms with Gasteiger partial charge in [0.2, 0.25) is 0 Å². The molecule has 0 spiro atoms. The van der Waals surface area contributed by atoms with Gasteiger partial charge in [-0.05, 0) is 6.42 Å². The molecule has 22 heteroatoms. The Labute approximate surface area is 152 Å². The van der Waals surface area contributed by atoms with E-state index >= 15 is 0 Å². The van der Waals surface area contributed by atoms with E-state index in [2.05, 4.69) is 22.1 Å². The number of hydrogen-bond donors (Lipinski definition) is 5. The molecule has 1 aliphatic rings. The number of hydrogen-bond acceptors (Lipinski definition) is 10. The smallest absolute Gasteiger partial charge is 0.380 e. The Hall–Kier alpha value is 0.540. The maximum Gasteiger partial charge on any atom is 0.544 e. The molecule has 15 nitrogen and oxygen atoms in total. The molecule has 3 radical (unpaired) electrons. The number of phosphoric ester groups is 2. The molecule has 1 rings (SSSR count). The average molecular weight is 477 g/mol. The van der Waals surface area contributed by atoms with Crippen LogP contribution < -0.4 is 0 Å². The fourth-order valence-corrected chi connectivity index (χ4v) is 5.47. The first-order chi connectivity index (χ1) is 12.0. The van der Waals surface area contributed by atoms with Crippen LogP contribution in [0.1, 0.15) is 6.42 Å². The lowest BCUT2D eigenvalue weighted by Crippen LogP contribution is -2.28. The van der Waals surface area contributed by atoms with Crippen LogP contribution in [0.4, 0.5) is 4.32 Å². The van der Waals surface area contributed by atoms with Crippen LogP contribution in [0, 0.1) is 0 Å². The Bertz CT molecular complexity index is 698. The first kappa shape index (κ1) is 25.6. The van der Waals surface area contributed by atoms with Crippen molar-refractivity contribution in [2.75, 3.05) is 6.61 Å². The molecule has 0 amide bonds. The fourth-order valence-electron chi connectivity index (χ4n) is 1.72. The predicted octanol–water partition coefficient (Wildman–Crippen LogP) is -0.381. The van der Waals surface area contributed by atoms with Crippen molar-refractivity contribution in [1.82, 2.24) is 0 Å². The molecule has 1 heterocycles. The number of halogens is 1. The van der Waals surface area contributed by atoms with Gasteiger partial charge in [0.25, 0.3) is 0 Å². The van der Waals surface area contributed by atoms with Gasteiger partial charge < -0.3 is 33.6 Å². The van der Waals surface area contributed by atoms with Gasteiger partial charge in [0, 0.05) is 6.00 Å². The van der Waals surface area contributed by atoms with Crippen LogP contribution in [0.25, 0.3) is 0 Å². The Kier molecular flexibility index (Phi) is 9.06. The summed E-state index contributed by atoms with van der Waals surface area (Å²) < 4.78 is 80.9. The summed E-state index contributed by atoms with van der Waals surface area (Å²) in [7, 11) is -16.8. The van der Waals surface area contributed by atoms with Gasteiger partial charge in [0.15, 0.2) is 0 Å². The van der Waals surface area contributed by atoms with Gasteiger partial charge in [0.05, 0.1) is 12.7 Å². The van der Waals surface area contributed by atoms with Crippen molar-refractivity contribution in [2.24, 2.45) is 0 Å². The van der Waals surface area contributed by atoms with Gasteiger partial charge >= 0.3 is 39.1 Å². The molecule has 1 saturated heterocycles. The molecule has 1 aliphatic heterocycles. The first-order valence-corrected chi connectivity index (χ1v) is 12.4. The minimum absolute atomic E-state index is 0.259. The molecular formula is C5H12B2FO15P4. The normalized spacial score (nSPS) is 30.2. The van der Waals surface area contributed by atoms with Crippen molar-refractivity contribution in [3.63, 3.8) is 0 Å². The van der Waals surface area contributed by atoms with Gasteiger partial charge in [-0.25, -0.2) is 18.3 Å². The minimum Gasteiger partial charge on any atom is -0.380 e. The molecule has 0 aromatic carbocycles. The Balaban J connectivity index is 2.70. The van der Waals surface area contributed by atoms with Crippen LogP contribution in [0.5, 0.6) is 0 Å². The van der Waals surface area contributed by atoms with Crippen molar-refractivity contribution in [1.29, 1.82) is 0 Å². The number of phosphoric acid groups is 4. The Morgan fingerprint density at radius 1 is 1.04 bits per heavy atom. The first-order valence-electron chi connectivity index (χ1n) is 6.35. The monoisotopic (exact) mass is 477 g/mol. The minimum atomic E-state index is -5.72. The van der Waals surface area contributed by atoms with E-state index in [0.29, 0.717) is 0 Å². The van der Waals surface area contributed by atoms with E-state index in [4.69, 9.17) is 27.3 Å². The summed E-state index contributed by atoms with van der Waals surface area (Å²) in [5.74, 6) is 0.